The average Bonchev–Trinajstić information content (AvgIpc) is 2.49. The van der Waals surface area contributed by atoms with Crippen LogP contribution in [0.25, 0.3) is 0 Å². The molecule has 68 valence electrons. The van der Waals surface area contributed by atoms with E-state index in [2.05, 4.69) is 18.1 Å². The topological polar surface area (TPSA) is 34.9 Å². The Hall–Kier alpha value is -1.64. The average molecular weight is 176 g/mol. The number of rotatable bonds is 5. The van der Waals surface area contributed by atoms with Gasteiger partial charge in [0.1, 0.15) is 0 Å². The second-order valence-electron chi connectivity index (χ2n) is 2.64. The number of allylic oxidation sites excluding steroid dienone is 2. The molecule has 1 aromatic heterocycles. The van der Waals surface area contributed by atoms with Crippen molar-refractivity contribution in [3.05, 3.63) is 43.0 Å². The molecular weight excluding hydrogens is 164 g/mol. The number of aromatic nitrogens is 2. The molecule has 13 heavy (non-hydrogen) atoms. The summed E-state index contributed by atoms with van der Waals surface area (Å²) in [6.45, 7) is 7.82. The molecule has 0 fully saturated rings. The van der Waals surface area contributed by atoms with E-state index in [1.807, 2.05) is 6.20 Å². The summed E-state index contributed by atoms with van der Waals surface area (Å²) in [4.78, 5) is 14.7. The van der Waals surface area contributed by atoms with Crippen molar-refractivity contribution < 1.29 is 4.79 Å². The van der Waals surface area contributed by atoms with Crippen LogP contribution in [-0.2, 0) is 13.0 Å². The highest BCUT2D eigenvalue weighted by atomic mass is 16.1. The lowest BCUT2D eigenvalue weighted by Gasteiger charge is -1.95. The highest BCUT2D eigenvalue weighted by Crippen LogP contribution is 2.02. The van der Waals surface area contributed by atoms with Gasteiger partial charge >= 0.3 is 0 Å². The summed E-state index contributed by atoms with van der Waals surface area (Å²) in [6.07, 6.45) is 6.76. The minimum Gasteiger partial charge on any atom is -0.325 e. The van der Waals surface area contributed by atoms with Crippen LogP contribution in [0, 0.1) is 0 Å². The number of carbonyl (C=O) groups is 1. The van der Waals surface area contributed by atoms with Gasteiger partial charge in [0.05, 0.1) is 5.69 Å². The Labute approximate surface area is 77.4 Å². The predicted octanol–water partition coefficient (Wildman–Crippen LogP) is 1.61. The van der Waals surface area contributed by atoms with Gasteiger partial charge in [-0.2, -0.15) is 0 Å². The number of nitrogens with zero attached hydrogens (tertiary/aromatic N) is 2. The van der Waals surface area contributed by atoms with Crippen LogP contribution in [0.5, 0.6) is 0 Å². The Bertz CT molecular complexity index is 326. The van der Waals surface area contributed by atoms with Crippen LogP contribution in [0.3, 0.4) is 0 Å². The number of carbonyl (C=O) groups excluding carboxylic acids is 1. The third-order valence-corrected chi connectivity index (χ3v) is 1.64. The molecule has 0 aliphatic rings. The number of hydrogen-bond donors (Lipinski definition) is 0. The van der Waals surface area contributed by atoms with Gasteiger partial charge in [-0.3, -0.25) is 4.79 Å². The van der Waals surface area contributed by atoms with E-state index in [4.69, 9.17) is 0 Å². The van der Waals surface area contributed by atoms with Crippen LogP contribution in [0.1, 0.15) is 16.3 Å². The maximum atomic E-state index is 10.6. The summed E-state index contributed by atoms with van der Waals surface area (Å²) >= 11 is 0. The van der Waals surface area contributed by atoms with Gasteiger partial charge in [0.2, 0.25) is 0 Å². The normalized spacial score (nSPS) is 9.54. The van der Waals surface area contributed by atoms with Crippen molar-refractivity contribution in [2.24, 2.45) is 0 Å². The monoisotopic (exact) mass is 176 g/mol. The maximum Gasteiger partial charge on any atom is 0.185 e. The maximum absolute atomic E-state index is 10.6. The minimum atomic E-state index is 0.441. The molecule has 0 spiro atoms. The third-order valence-electron chi connectivity index (χ3n) is 1.64. The first kappa shape index (κ1) is 9.45. The summed E-state index contributed by atoms with van der Waals surface area (Å²) in [5.41, 5.74) is 0.860. The zero-order valence-electron chi connectivity index (χ0n) is 7.44. The zero-order valence-corrected chi connectivity index (χ0v) is 7.44. The lowest BCUT2D eigenvalue weighted by atomic mass is 10.3. The highest BCUT2D eigenvalue weighted by molar-refractivity contribution is 5.69. The first-order chi connectivity index (χ1) is 6.31. The molecule has 0 aliphatic heterocycles. The van der Waals surface area contributed by atoms with Crippen molar-refractivity contribution >= 4 is 6.29 Å². The van der Waals surface area contributed by atoms with E-state index in [0.717, 1.165) is 12.0 Å². The fraction of sp³-hybridized carbons (Fsp3) is 0.200. The van der Waals surface area contributed by atoms with Crippen molar-refractivity contribution in [2.45, 2.75) is 13.0 Å². The standard InChI is InChI=1S/C10H12N2O/c1-3-5-9-7-12(6-4-2)10(8-13)11-9/h3-4,7-8H,1-2,5-6H2. The first-order valence-electron chi connectivity index (χ1n) is 4.04. The van der Waals surface area contributed by atoms with Crippen LogP contribution in [-0.4, -0.2) is 15.8 Å². The van der Waals surface area contributed by atoms with E-state index in [0.29, 0.717) is 18.8 Å². The summed E-state index contributed by atoms with van der Waals surface area (Å²) in [6, 6.07) is 0. The van der Waals surface area contributed by atoms with Crippen LogP contribution < -0.4 is 0 Å². The molecule has 3 nitrogen and oxygen atoms in total. The predicted molar refractivity (Wildman–Crippen MR) is 51.7 cm³/mol. The fourth-order valence-corrected chi connectivity index (χ4v) is 1.11. The lowest BCUT2D eigenvalue weighted by Crippen LogP contribution is -1.98. The minimum absolute atomic E-state index is 0.441. The van der Waals surface area contributed by atoms with Crippen LogP contribution >= 0.6 is 0 Å². The summed E-state index contributed by atoms with van der Waals surface area (Å²) in [5.74, 6) is 0.441. The molecule has 0 atom stereocenters. The number of imidazole rings is 1. The van der Waals surface area contributed by atoms with Gasteiger partial charge in [-0.15, -0.1) is 13.2 Å². The molecule has 0 radical (unpaired) electrons. The second kappa shape index (κ2) is 4.40. The summed E-state index contributed by atoms with van der Waals surface area (Å²) < 4.78 is 1.76. The number of aldehydes is 1. The van der Waals surface area contributed by atoms with E-state index in [1.54, 1.807) is 16.7 Å². The Morgan fingerprint density at radius 1 is 1.46 bits per heavy atom. The van der Waals surface area contributed by atoms with Crippen molar-refractivity contribution in [3.63, 3.8) is 0 Å². The van der Waals surface area contributed by atoms with Gasteiger partial charge in [0, 0.05) is 19.2 Å². The van der Waals surface area contributed by atoms with E-state index >= 15 is 0 Å². The Morgan fingerprint density at radius 3 is 2.77 bits per heavy atom. The molecule has 1 heterocycles. The largest absolute Gasteiger partial charge is 0.325 e. The van der Waals surface area contributed by atoms with Gasteiger partial charge in [0.15, 0.2) is 12.1 Å². The summed E-state index contributed by atoms with van der Waals surface area (Å²) in [5, 5.41) is 0. The Balaban J connectivity index is 2.95. The Kier molecular flexibility index (Phi) is 3.20. The molecule has 0 N–H and O–H groups in total. The molecule has 0 saturated carbocycles. The molecule has 0 saturated heterocycles. The molecule has 0 unspecified atom stereocenters. The second-order valence-corrected chi connectivity index (χ2v) is 2.64. The molecule has 1 aromatic rings. The van der Waals surface area contributed by atoms with Gasteiger partial charge in [-0.25, -0.2) is 4.98 Å². The smallest absolute Gasteiger partial charge is 0.185 e. The van der Waals surface area contributed by atoms with Crippen molar-refractivity contribution in [2.75, 3.05) is 0 Å². The highest BCUT2D eigenvalue weighted by Gasteiger charge is 2.03. The van der Waals surface area contributed by atoms with E-state index in [9.17, 15) is 4.79 Å². The molecule has 0 aliphatic carbocycles. The molecule has 0 bridgehead atoms. The zero-order chi connectivity index (χ0) is 9.68. The number of hydrogen-bond acceptors (Lipinski definition) is 2. The molecule has 1 rings (SSSR count). The molecular formula is C10H12N2O. The van der Waals surface area contributed by atoms with Gasteiger partial charge in [-0.1, -0.05) is 12.2 Å². The Morgan fingerprint density at radius 2 is 2.23 bits per heavy atom. The van der Waals surface area contributed by atoms with Crippen LogP contribution in [0.15, 0.2) is 31.5 Å². The van der Waals surface area contributed by atoms with Crippen molar-refractivity contribution in [3.8, 4) is 0 Å². The van der Waals surface area contributed by atoms with E-state index in [1.165, 1.54) is 0 Å². The third kappa shape index (κ3) is 2.15. The van der Waals surface area contributed by atoms with Crippen LogP contribution in [0.4, 0.5) is 0 Å². The van der Waals surface area contributed by atoms with Gasteiger partial charge in [0.25, 0.3) is 0 Å². The van der Waals surface area contributed by atoms with Crippen molar-refractivity contribution in [1.29, 1.82) is 0 Å². The van der Waals surface area contributed by atoms with Gasteiger partial charge < -0.3 is 4.57 Å². The quantitative estimate of drug-likeness (QED) is 0.504. The van der Waals surface area contributed by atoms with E-state index in [-0.39, 0.29) is 0 Å². The first-order valence-corrected chi connectivity index (χ1v) is 4.04. The van der Waals surface area contributed by atoms with Gasteiger partial charge in [-0.05, 0) is 0 Å². The SMILES string of the molecule is C=CCc1cn(CC=C)c(C=O)n1. The lowest BCUT2D eigenvalue weighted by molar-refractivity contribution is 0.111. The molecule has 0 amide bonds. The molecule has 3 heteroatoms. The fourth-order valence-electron chi connectivity index (χ4n) is 1.11. The van der Waals surface area contributed by atoms with Crippen molar-refractivity contribution in [1.82, 2.24) is 9.55 Å². The summed E-state index contributed by atoms with van der Waals surface area (Å²) in [7, 11) is 0. The van der Waals surface area contributed by atoms with Crippen LogP contribution in [0.2, 0.25) is 0 Å². The van der Waals surface area contributed by atoms with E-state index < -0.39 is 0 Å². The molecule has 0 aromatic carbocycles.